The van der Waals surface area contributed by atoms with Crippen molar-refractivity contribution in [1.82, 2.24) is 9.38 Å². The Bertz CT molecular complexity index is 1400. The lowest BCUT2D eigenvalue weighted by Crippen LogP contribution is -2.10. The minimum absolute atomic E-state index is 0.123. The van der Waals surface area contributed by atoms with Gasteiger partial charge in [-0.2, -0.15) is 13.2 Å². The SMILES string of the molecule is Cc1ccc(-c2nc3c4ccccc4ccn3c2Cc2ccccc2C(F)(F)F)cc1. The van der Waals surface area contributed by atoms with Gasteiger partial charge in [-0.1, -0.05) is 72.3 Å². The maximum Gasteiger partial charge on any atom is 0.416 e. The van der Waals surface area contributed by atoms with E-state index in [4.69, 9.17) is 4.98 Å². The molecule has 0 N–H and O–H groups in total. The zero-order valence-corrected chi connectivity index (χ0v) is 16.8. The third-order valence-electron chi connectivity index (χ3n) is 5.62. The normalized spacial score (nSPS) is 12.0. The number of alkyl halides is 3. The Morgan fingerprint density at radius 3 is 2.32 bits per heavy atom. The van der Waals surface area contributed by atoms with Crippen LogP contribution in [0.4, 0.5) is 13.2 Å². The largest absolute Gasteiger partial charge is 0.416 e. The molecule has 5 heteroatoms. The van der Waals surface area contributed by atoms with Gasteiger partial charge in [0.1, 0.15) is 5.65 Å². The molecule has 0 bridgehead atoms. The van der Waals surface area contributed by atoms with Crippen LogP contribution in [0.25, 0.3) is 27.7 Å². The average molecular weight is 416 g/mol. The summed E-state index contributed by atoms with van der Waals surface area (Å²) in [6, 6.07) is 23.6. The van der Waals surface area contributed by atoms with Crippen LogP contribution < -0.4 is 0 Å². The lowest BCUT2D eigenvalue weighted by atomic mass is 9.99. The number of rotatable bonds is 3. The van der Waals surface area contributed by atoms with Gasteiger partial charge in [0.05, 0.1) is 17.0 Å². The average Bonchev–Trinajstić information content (AvgIpc) is 3.13. The molecule has 0 aliphatic heterocycles. The summed E-state index contributed by atoms with van der Waals surface area (Å²) in [7, 11) is 0. The van der Waals surface area contributed by atoms with Crippen LogP contribution in [0.2, 0.25) is 0 Å². The molecule has 2 aromatic heterocycles. The fourth-order valence-electron chi connectivity index (χ4n) is 4.06. The van der Waals surface area contributed by atoms with E-state index in [-0.39, 0.29) is 12.0 Å². The number of halogens is 3. The lowest BCUT2D eigenvalue weighted by molar-refractivity contribution is -0.138. The van der Waals surface area contributed by atoms with Gasteiger partial charge in [-0.05, 0) is 30.0 Å². The predicted molar refractivity (Wildman–Crippen MR) is 117 cm³/mol. The van der Waals surface area contributed by atoms with Crippen LogP contribution in [0.15, 0.2) is 85.1 Å². The molecule has 0 atom stereocenters. The number of hydrogen-bond acceptors (Lipinski definition) is 1. The summed E-state index contributed by atoms with van der Waals surface area (Å²) < 4.78 is 42.9. The van der Waals surface area contributed by atoms with Crippen LogP contribution in [-0.2, 0) is 12.6 Å². The van der Waals surface area contributed by atoms with Gasteiger partial charge in [0.25, 0.3) is 0 Å². The van der Waals surface area contributed by atoms with Gasteiger partial charge in [0, 0.05) is 23.6 Å². The molecule has 2 nitrogen and oxygen atoms in total. The van der Waals surface area contributed by atoms with Crippen LogP contribution in [0.5, 0.6) is 0 Å². The molecular formula is C26H19F3N2. The van der Waals surface area contributed by atoms with E-state index in [0.29, 0.717) is 5.69 Å². The molecule has 0 radical (unpaired) electrons. The Hall–Kier alpha value is -3.60. The minimum Gasteiger partial charge on any atom is -0.303 e. The van der Waals surface area contributed by atoms with Crippen LogP contribution in [0.3, 0.4) is 0 Å². The van der Waals surface area contributed by atoms with Gasteiger partial charge < -0.3 is 4.40 Å². The smallest absolute Gasteiger partial charge is 0.303 e. The van der Waals surface area contributed by atoms with Crippen molar-refractivity contribution >= 4 is 16.4 Å². The number of nitrogens with zero attached hydrogens (tertiary/aromatic N) is 2. The molecule has 5 aromatic rings. The molecule has 0 aliphatic rings. The molecule has 154 valence electrons. The second kappa shape index (κ2) is 7.27. The van der Waals surface area contributed by atoms with Crippen LogP contribution in [0.1, 0.15) is 22.4 Å². The Kier molecular flexibility index (Phi) is 4.54. The zero-order chi connectivity index (χ0) is 21.6. The van der Waals surface area contributed by atoms with E-state index in [2.05, 4.69) is 0 Å². The first-order valence-corrected chi connectivity index (χ1v) is 10.0. The van der Waals surface area contributed by atoms with Gasteiger partial charge in [-0.3, -0.25) is 0 Å². The van der Waals surface area contributed by atoms with Crippen molar-refractivity contribution < 1.29 is 13.2 Å². The minimum atomic E-state index is -4.41. The Morgan fingerprint density at radius 1 is 0.839 bits per heavy atom. The number of fused-ring (bicyclic) bond motifs is 3. The molecule has 0 aliphatic carbocycles. The highest BCUT2D eigenvalue weighted by Crippen LogP contribution is 2.35. The quantitative estimate of drug-likeness (QED) is 0.307. The summed E-state index contributed by atoms with van der Waals surface area (Å²) >= 11 is 0. The van der Waals surface area contributed by atoms with Crippen molar-refractivity contribution in [1.29, 1.82) is 0 Å². The first-order valence-electron chi connectivity index (χ1n) is 10.0. The Balaban J connectivity index is 1.77. The molecule has 3 aromatic carbocycles. The maximum atomic E-state index is 13.6. The highest BCUT2D eigenvalue weighted by molar-refractivity contribution is 5.95. The molecule has 0 saturated carbocycles. The van der Waals surface area contributed by atoms with Crippen molar-refractivity contribution in [3.63, 3.8) is 0 Å². The zero-order valence-electron chi connectivity index (χ0n) is 16.8. The summed E-state index contributed by atoms with van der Waals surface area (Å²) in [6.07, 6.45) is -2.39. The third kappa shape index (κ3) is 3.46. The van der Waals surface area contributed by atoms with E-state index in [1.165, 1.54) is 6.07 Å². The second-order valence-corrected chi connectivity index (χ2v) is 7.70. The highest BCUT2D eigenvalue weighted by atomic mass is 19.4. The number of aromatic nitrogens is 2. The predicted octanol–water partition coefficient (Wildman–Crippen LogP) is 7.07. The van der Waals surface area contributed by atoms with Crippen LogP contribution in [0, 0.1) is 6.92 Å². The lowest BCUT2D eigenvalue weighted by Gasteiger charge is -2.13. The molecule has 0 unspecified atom stereocenters. The molecule has 31 heavy (non-hydrogen) atoms. The van der Waals surface area contributed by atoms with E-state index in [1.54, 1.807) is 12.1 Å². The standard InChI is InChI=1S/C26H19F3N2/c1-17-10-12-19(13-11-17)24-23(16-20-7-3-5-9-22(20)26(27,28)29)31-15-14-18-6-2-4-8-21(18)25(31)30-24/h2-15H,16H2,1H3. The topological polar surface area (TPSA) is 17.3 Å². The number of pyridine rings is 1. The third-order valence-corrected chi connectivity index (χ3v) is 5.62. The fraction of sp³-hybridized carbons (Fsp3) is 0.115. The molecule has 5 rings (SSSR count). The van der Waals surface area contributed by atoms with Crippen molar-refractivity contribution in [2.75, 3.05) is 0 Å². The number of benzene rings is 3. The van der Waals surface area contributed by atoms with Crippen LogP contribution >= 0.6 is 0 Å². The van der Waals surface area contributed by atoms with Gasteiger partial charge in [0.15, 0.2) is 0 Å². The van der Waals surface area contributed by atoms with E-state index < -0.39 is 11.7 Å². The van der Waals surface area contributed by atoms with E-state index >= 15 is 0 Å². The molecule has 0 fully saturated rings. The number of imidazole rings is 1. The summed E-state index contributed by atoms with van der Waals surface area (Å²) in [6.45, 7) is 2.00. The van der Waals surface area contributed by atoms with Crippen LogP contribution in [-0.4, -0.2) is 9.38 Å². The van der Waals surface area contributed by atoms with Crippen molar-refractivity contribution in [2.24, 2.45) is 0 Å². The summed E-state index contributed by atoms with van der Waals surface area (Å²) in [5.74, 6) is 0. The Labute approximate surface area is 177 Å². The maximum absolute atomic E-state index is 13.6. The van der Waals surface area contributed by atoms with Crippen molar-refractivity contribution in [3.05, 3.63) is 107 Å². The number of hydrogen-bond donors (Lipinski definition) is 0. The fourth-order valence-corrected chi connectivity index (χ4v) is 4.06. The summed E-state index contributed by atoms with van der Waals surface area (Å²) in [4.78, 5) is 4.91. The summed E-state index contributed by atoms with van der Waals surface area (Å²) in [5, 5.41) is 2.01. The molecule has 0 saturated heterocycles. The van der Waals surface area contributed by atoms with Gasteiger partial charge >= 0.3 is 6.18 Å². The van der Waals surface area contributed by atoms with Crippen molar-refractivity contribution in [3.8, 4) is 11.3 Å². The summed E-state index contributed by atoms with van der Waals surface area (Å²) in [5.41, 5.74) is 3.81. The molecule has 0 amide bonds. The van der Waals surface area contributed by atoms with Gasteiger partial charge in [-0.15, -0.1) is 0 Å². The highest BCUT2D eigenvalue weighted by Gasteiger charge is 2.33. The van der Waals surface area contributed by atoms with Gasteiger partial charge in [-0.25, -0.2) is 4.98 Å². The first kappa shape index (κ1) is 19.4. The number of aryl methyl sites for hydroxylation is 1. The van der Waals surface area contributed by atoms with E-state index in [0.717, 1.165) is 39.3 Å². The monoisotopic (exact) mass is 416 g/mol. The van der Waals surface area contributed by atoms with E-state index in [1.807, 2.05) is 72.1 Å². The molecule has 2 heterocycles. The van der Waals surface area contributed by atoms with Crippen molar-refractivity contribution in [2.45, 2.75) is 19.5 Å². The Morgan fingerprint density at radius 2 is 1.55 bits per heavy atom. The first-order chi connectivity index (χ1) is 14.9. The molecular weight excluding hydrogens is 397 g/mol. The van der Waals surface area contributed by atoms with Gasteiger partial charge in [0.2, 0.25) is 0 Å². The molecule has 0 spiro atoms. The van der Waals surface area contributed by atoms with E-state index in [9.17, 15) is 13.2 Å². The second-order valence-electron chi connectivity index (χ2n) is 7.70.